The summed E-state index contributed by atoms with van der Waals surface area (Å²) in [6.07, 6.45) is -2.19. The van der Waals surface area contributed by atoms with Gasteiger partial charge in [0.2, 0.25) is 0 Å². The minimum absolute atomic E-state index is 0.456. The number of phosphoric ester groups is 1. The van der Waals surface area contributed by atoms with Gasteiger partial charge in [-0.3, -0.25) is 4.52 Å². The molecule has 0 rings (SSSR count). The molecule has 0 aliphatic carbocycles. The van der Waals surface area contributed by atoms with Crippen LogP contribution in [-0.2, 0) is 13.8 Å². The number of methoxy groups -OCH3 is 1. The SMILES string of the molecule is CO[C@@H](CO)[C@H](O)COP(=O)(O)O. The van der Waals surface area contributed by atoms with Gasteiger partial charge < -0.3 is 24.7 Å². The molecular weight excluding hydrogens is 203 g/mol. The zero-order valence-corrected chi connectivity index (χ0v) is 7.92. The summed E-state index contributed by atoms with van der Waals surface area (Å²) in [7, 11) is -3.33. The van der Waals surface area contributed by atoms with Gasteiger partial charge in [0.25, 0.3) is 0 Å². The first-order chi connectivity index (χ1) is 5.90. The van der Waals surface area contributed by atoms with Crippen LogP contribution in [0.3, 0.4) is 0 Å². The van der Waals surface area contributed by atoms with E-state index in [2.05, 4.69) is 9.26 Å². The third kappa shape index (κ3) is 6.11. The van der Waals surface area contributed by atoms with Crippen LogP contribution in [0.4, 0.5) is 0 Å². The second kappa shape index (κ2) is 5.66. The Balaban J connectivity index is 3.85. The quantitative estimate of drug-likeness (QED) is 0.397. The van der Waals surface area contributed by atoms with Crippen molar-refractivity contribution in [1.82, 2.24) is 0 Å². The Kier molecular flexibility index (Phi) is 5.66. The zero-order chi connectivity index (χ0) is 10.5. The minimum Gasteiger partial charge on any atom is -0.394 e. The van der Waals surface area contributed by atoms with Gasteiger partial charge in [0.15, 0.2) is 0 Å². The molecule has 0 unspecified atom stereocenters. The molecule has 0 spiro atoms. The van der Waals surface area contributed by atoms with Crippen molar-refractivity contribution in [1.29, 1.82) is 0 Å². The van der Waals surface area contributed by atoms with E-state index in [4.69, 9.17) is 20.0 Å². The summed E-state index contributed by atoms with van der Waals surface area (Å²) >= 11 is 0. The fourth-order valence-electron chi connectivity index (χ4n) is 0.634. The molecule has 0 bridgehead atoms. The van der Waals surface area contributed by atoms with Crippen molar-refractivity contribution in [3.8, 4) is 0 Å². The number of hydrogen-bond donors (Lipinski definition) is 4. The topological polar surface area (TPSA) is 116 Å². The van der Waals surface area contributed by atoms with Crippen LogP contribution in [0.15, 0.2) is 0 Å². The number of phosphoric acid groups is 1. The Bertz CT molecular complexity index is 174. The van der Waals surface area contributed by atoms with Crippen molar-refractivity contribution in [3.63, 3.8) is 0 Å². The van der Waals surface area contributed by atoms with Gasteiger partial charge in [0.05, 0.1) is 13.2 Å². The maximum absolute atomic E-state index is 10.2. The van der Waals surface area contributed by atoms with Gasteiger partial charge in [-0.15, -0.1) is 0 Å². The highest BCUT2D eigenvalue weighted by atomic mass is 31.2. The lowest BCUT2D eigenvalue weighted by atomic mass is 10.2. The van der Waals surface area contributed by atoms with Gasteiger partial charge in [-0.25, -0.2) is 4.57 Å². The van der Waals surface area contributed by atoms with Crippen LogP contribution in [0.5, 0.6) is 0 Å². The molecule has 4 N–H and O–H groups in total. The number of rotatable bonds is 6. The summed E-state index contributed by atoms with van der Waals surface area (Å²) in [6.45, 7) is -1.05. The van der Waals surface area contributed by atoms with Crippen molar-refractivity contribution in [3.05, 3.63) is 0 Å². The fraction of sp³-hybridized carbons (Fsp3) is 1.00. The summed E-state index contributed by atoms with van der Waals surface area (Å²) < 4.78 is 18.8. The molecular formula is C5H13O7P. The third-order valence-corrected chi connectivity index (χ3v) is 1.81. The molecule has 0 amide bonds. The van der Waals surface area contributed by atoms with Crippen LogP contribution < -0.4 is 0 Å². The van der Waals surface area contributed by atoms with E-state index in [9.17, 15) is 4.57 Å². The molecule has 0 saturated heterocycles. The van der Waals surface area contributed by atoms with Crippen LogP contribution in [-0.4, -0.2) is 52.5 Å². The average Bonchev–Trinajstić information content (AvgIpc) is 2.02. The van der Waals surface area contributed by atoms with Crippen LogP contribution in [0, 0.1) is 0 Å². The highest BCUT2D eigenvalue weighted by Gasteiger charge is 2.22. The third-order valence-electron chi connectivity index (χ3n) is 1.33. The average molecular weight is 216 g/mol. The molecule has 0 aromatic rings. The van der Waals surface area contributed by atoms with Crippen molar-refractivity contribution in [2.45, 2.75) is 12.2 Å². The number of ether oxygens (including phenoxy) is 1. The van der Waals surface area contributed by atoms with Crippen LogP contribution in [0.25, 0.3) is 0 Å². The summed E-state index contributed by atoms with van der Waals surface area (Å²) in [6, 6.07) is 0. The van der Waals surface area contributed by atoms with E-state index in [1.54, 1.807) is 0 Å². The first-order valence-electron chi connectivity index (χ1n) is 3.42. The zero-order valence-electron chi connectivity index (χ0n) is 7.03. The number of aliphatic hydroxyl groups excluding tert-OH is 2. The molecule has 0 aromatic carbocycles. The monoisotopic (exact) mass is 216 g/mol. The normalized spacial score (nSPS) is 17.0. The highest BCUT2D eigenvalue weighted by Crippen LogP contribution is 2.35. The molecule has 0 aromatic heterocycles. The Labute approximate surface area is 75.2 Å². The standard InChI is InChI=1S/C5H13O7P/c1-11-5(2-6)4(7)3-12-13(8,9)10/h4-7H,2-3H2,1H3,(H2,8,9,10)/t4-,5+/m1/s1. The Hall–Kier alpha value is -0.0100. The van der Waals surface area contributed by atoms with Crippen molar-refractivity contribution in [2.75, 3.05) is 20.3 Å². The summed E-state index contributed by atoms with van der Waals surface area (Å²) in [5.41, 5.74) is 0. The van der Waals surface area contributed by atoms with E-state index >= 15 is 0 Å². The minimum atomic E-state index is -4.58. The smallest absolute Gasteiger partial charge is 0.394 e. The molecule has 0 fully saturated rings. The summed E-state index contributed by atoms with van der Waals surface area (Å²) in [5, 5.41) is 17.7. The van der Waals surface area contributed by atoms with Gasteiger partial charge >= 0.3 is 7.82 Å². The lowest BCUT2D eigenvalue weighted by Gasteiger charge is -2.19. The molecule has 0 saturated carbocycles. The van der Waals surface area contributed by atoms with E-state index in [1.165, 1.54) is 7.11 Å². The fourth-order valence-corrected chi connectivity index (χ4v) is 0.981. The molecule has 0 heterocycles. The molecule has 2 atom stereocenters. The van der Waals surface area contributed by atoms with E-state index in [0.717, 1.165) is 0 Å². The molecule has 8 heteroatoms. The second-order valence-electron chi connectivity index (χ2n) is 2.31. The van der Waals surface area contributed by atoms with Crippen LogP contribution in [0.2, 0.25) is 0 Å². The van der Waals surface area contributed by atoms with Gasteiger partial charge in [0.1, 0.15) is 12.2 Å². The largest absolute Gasteiger partial charge is 0.469 e. The lowest BCUT2D eigenvalue weighted by Crippen LogP contribution is -2.34. The van der Waals surface area contributed by atoms with Gasteiger partial charge in [-0.1, -0.05) is 0 Å². The Morgan fingerprint density at radius 2 is 2.00 bits per heavy atom. The molecule has 80 valence electrons. The summed E-state index contributed by atoms with van der Waals surface area (Å²) in [5.74, 6) is 0. The first-order valence-corrected chi connectivity index (χ1v) is 4.95. The van der Waals surface area contributed by atoms with Gasteiger partial charge in [-0.2, -0.15) is 0 Å². The number of hydrogen-bond acceptors (Lipinski definition) is 5. The maximum atomic E-state index is 10.2. The Morgan fingerprint density at radius 1 is 1.46 bits per heavy atom. The number of aliphatic hydroxyl groups is 2. The molecule has 0 aliphatic heterocycles. The van der Waals surface area contributed by atoms with Crippen LogP contribution in [0.1, 0.15) is 0 Å². The predicted octanol–water partition coefficient (Wildman–Crippen LogP) is -1.54. The van der Waals surface area contributed by atoms with Gasteiger partial charge in [-0.05, 0) is 0 Å². The first kappa shape index (κ1) is 13.0. The van der Waals surface area contributed by atoms with E-state index in [1.807, 2.05) is 0 Å². The molecule has 0 radical (unpaired) electrons. The molecule has 13 heavy (non-hydrogen) atoms. The molecule has 0 aliphatic rings. The summed E-state index contributed by atoms with van der Waals surface area (Å²) in [4.78, 5) is 16.5. The lowest BCUT2D eigenvalue weighted by molar-refractivity contribution is -0.0598. The van der Waals surface area contributed by atoms with E-state index in [-0.39, 0.29) is 0 Å². The van der Waals surface area contributed by atoms with E-state index < -0.39 is 33.2 Å². The van der Waals surface area contributed by atoms with Crippen molar-refractivity contribution in [2.24, 2.45) is 0 Å². The van der Waals surface area contributed by atoms with Crippen molar-refractivity contribution < 1.29 is 33.8 Å². The van der Waals surface area contributed by atoms with Crippen molar-refractivity contribution >= 4 is 7.82 Å². The Morgan fingerprint density at radius 3 is 2.31 bits per heavy atom. The second-order valence-corrected chi connectivity index (χ2v) is 3.55. The predicted molar refractivity (Wildman–Crippen MR) is 41.9 cm³/mol. The molecule has 7 nitrogen and oxygen atoms in total. The maximum Gasteiger partial charge on any atom is 0.469 e. The van der Waals surface area contributed by atoms with E-state index in [0.29, 0.717) is 0 Å². The highest BCUT2D eigenvalue weighted by molar-refractivity contribution is 7.46. The van der Waals surface area contributed by atoms with Crippen LogP contribution >= 0.6 is 7.82 Å². The van der Waals surface area contributed by atoms with Gasteiger partial charge in [0, 0.05) is 7.11 Å².